The molecule has 0 aliphatic carbocycles. The topological polar surface area (TPSA) is 48.5 Å². The van der Waals surface area contributed by atoms with E-state index < -0.39 is 0 Å². The minimum absolute atomic E-state index is 0.113. The number of carbonyl (C=O) groups excluding carboxylic acids is 1. The fourth-order valence-electron chi connectivity index (χ4n) is 2.74. The molecular weight excluding hydrogens is 284 g/mol. The first-order valence-corrected chi connectivity index (χ1v) is 8.42. The highest BCUT2D eigenvalue weighted by atomic mass is 32.1. The van der Waals surface area contributed by atoms with Crippen molar-refractivity contribution in [1.29, 1.82) is 0 Å². The average Bonchev–Trinajstić information content (AvgIpc) is 3.02. The van der Waals surface area contributed by atoms with E-state index in [2.05, 4.69) is 41.1 Å². The monoisotopic (exact) mass is 310 g/mol. The lowest BCUT2D eigenvalue weighted by Gasteiger charge is -2.20. The van der Waals surface area contributed by atoms with E-state index in [1.165, 1.54) is 4.88 Å². The molecule has 1 aromatic heterocycles. The largest absolute Gasteiger partial charge is 0.350 e. The zero-order chi connectivity index (χ0) is 15.4. The number of carbonyl (C=O) groups is 1. The van der Waals surface area contributed by atoms with Crippen LogP contribution in [0.4, 0.5) is 0 Å². The van der Waals surface area contributed by atoms with Crippen molar-refractivity contribution < 1.29 is 4.79 Å². The summed E-state index contributed by atoms with van der Waals surface area (Å²) in [6.45, 7) is 7.23. The Bertz CT molecular complexity index is 486. The molecule has 1 aliphatic heterocycles. The predicted molar refractivity (Wildman–Crippen MR) is 86.6 cm³/mol. The van der Waals surface area contributed by atoms with Crippen LogP contribution in [0.15, 0.2) is 0 Å². The Morgan fingerprint density at radius 1 is 1.52 bits per heavy atom. The average molecular weight is 310 g/mol. The molecule has 1 fully saturated rings. The Kier molecular flexibility index (Phi) is 5.72. The van der Waals surface area contributed by atoms with Crippen molar-refractivity contribution in [3.05, 3.63) is 15.6 Å². The summed E-state index contributed by atoms with van der Waals surface area (Å²) in [6.07, 6.45) is 2.07. The molecule has 1 N–H and O–H groups in total. The number of aromatic nitrogens is 1. The van der Waals surface area contributed by atoms with Gasteiger partial charge in [-0.2, -0.15) is 0 Å². The minimum atomic E-state index is 0.113. The van der Waals surface area contributed by atoms with Crippen molar-refractivity contribution in [3.63, 3.8) is 0 Å². The molecule has 6 heteroatoms. The molecule has 0 saturated carbocycles. The van der Waals surface area contributed by atoms with Crippen LogP contribution in [0.3, 0.4) is 0 Å². The van der Waals surface area contributed by atoms with Gasteiger partial charge < -0.3 is 10.2 Å². The van der Waals surface area contributed by atoms with Gasteiger partial charge in [-0.15, -0.1) is 11.3 Å². The van der Waals surface area contributed by atoms with Gasteiger partial charge in [0.25, 0.3) is 0 Å². The Morgan fingerprint density at radius 2 is 2.29 bits per heavy atom. The maximum absolute atomic E-state index is 12.1. The van der Waals surface area contributed by atoms with E-state index in [9.17, 15) is 4.79 Å². The van der Waals surface area contributed by atoms with Crippen molar-refractivity contribution in [2.75, 3.05) is 33.7 Å². The van der Waals surface area contributed by atoms with Crippen LogP contribution in [0.5, 0.6) is 0 Å². The molecule has 1 amide bonds. The zero-order valence-corrected chi connectivity index (χ0v) is 14.3. The van der Waals surface area contributed by atoms with Crippen LogP contribution in [0.1, 0.15) is 28.9 Å². The summed E-state index contributed by atoms with van der Waals surface area (Å²) in [6, 6.07) is 0.577. The summed E-state index contributed by atoms with van der Waals surface area (Å²) in [5.74, 6) is 0.113. The second-order valence-corrected chi connectivity index (χ2v) is 7.16. The highest BCUT2D eigenvalue weighted by molar-refractivity contribution is 7.11. The molecule has 21 heavy (non-hydrogen) atoms. The van der Waals surface area contributed by atoms with Crippen LogP contribution in [0.25, 0.3) is 0 Å². The minimum Gasteiger partial charge on any atom is -0.350 e. The van der Waals surface area contributed by atoms with Crippen molar-refractivity contribution in [3.8, 4) is 0 Å². The lowest BCUT2D eigenvalue weighted by Crippen LogP contribution is -2.38. The molecular formula is C15H26N4OS. The third-order valence-corrected chi connectivity index (χ3v) is 5.02. The van der Waals surface area contributed by atoms with E-state index in [1.807, 2.05) is 6.92 Å². The Hall–Kier alpha value is -0.980. The fourth-order valence-corrected chi connectivity index (χ4v) is 3.71. The Morgan fingerprint density at radius 3 is 2.90 bits per heavy atom. The molecule has 1 aromatic rings. The number of likely N-dealkylation sites (N-methyl/N-ethyl adjacent to an activating group) is 1. The van der Waals surface area contributed by atoms with Crippen molar-refractivity contribution in [1.82, 2.24) is 20.1 Å². The third kappa shape index (κ3) is 4.49. The second kappa shape index (κ2) is 7.33. The van der Waals surface area contributed by atoms with Gasteiger partial charge in [0.2, 0.25) is 5.91 Å². The van der Waals surface area contributed by atoms with E-state index in [4.69, 9.17) is 0 Å². The number of nitrogens with one attached hydrogen (secondary N) is 1. The van der Waals surface area contributed by atoms with Gasteiger partial charge in [-0.25, -0.2) is 4.98 Å². The van der Waals surface area contributed by atoms with Gasteiger partial charge in [0.05, 0.1) is 23.8 Å². The molecule has 0 spiro atoms. The van der Waals surface area contributed by atoms with Gasteiger partial charge in [0, 0.05) is 24.0 Å². The standard InChI is InChI=1S/C15H26N4OS/c1-5-13-14(21-11(2)17-13)8-16-15(20)10-19-7-6-12(9-19)18(3)4/h12H,5-10H2,1-4H3,(H,16,20). The molecule has 2 rings (SSSR count). The quantitative estimate of drug-likeness (QED) is 0.859. The van der Waals surface area contributed by atoms with E-state index in [-0.39, 0.29) is 5.91 Å². The Balaban J connectivity index is 1.77. The first kappa shape index (κ1) is 16.4. The number of nitrogens with zero attached hydrogens (tertiary/aromatic N) is 3. The number of rotatable bonds is 6. The molecule has 1 atom stereocenters. The normalized spacial score (nSPS) is 19.4. The maximum atomic E-state index is 12.1. The number of aryl methyl sites for hydroxylation is 2. The van der Waals surface area contributed by atoms with Gasteiger partial charge in [-0.1, -0.05) is 6.92 Å². The maximum Gasteiger partial charge on any atom is 0.234 e. The summed E-state index contributed by atoms with van der Waals surface area (Å²) in [4.78, 5) is 22.2. The SMILES string of the molecule is CCc1nc(C)sc1CNC(=O)CN1CCC(N(C)C)C1. The number of hydrogen-bond donors (Lipinski definition) is 1. The van der Waals surface area contributed by atoms with Crippen LogP contribution in [-0.2, 0) is 17.8 Å². The lowest BCUT2D eigenvalue weighted by atomic mass is 10.2. The molecule has 2 heterocycles. The molecule has 1 saturated heterocycles. The summed E-state index contributed by atoms with van der Waals surface area (Å²) >= 11 is 1.68. The van der Waals surface area contributed by atoms with Crippen LogP contribution in [0, 0.1) is 6.92 Å². The summed E-state index contributed by atoms with van der Waals surface area (Å²) in [5.41, 5.74) is 1.12. The van der Waals surface area contributed by atoms with E-state index >= 15 is 0 Å². The molecule has 0 bridgehead atoms. The molecule has 0 radical (unpaired) electrons. The molecule has 5 nitrogen and oxygen atoms in total. The number of amides is 1. The molecule has 0 aromatic carbocycles. The van der Waals surface area contributed by atoms with E-state index in [0.717, 1.165) is 36.6 Å². The summed E-state index contributed by atoms with van der Waals surface area (Å²) in [7, 11) is 4.21. The zero-order valence-electron chi connectivity index (χ0n) is 13.5. The third-order valence-electron chi connectivity index (χ3n) is 4.01. The highest BCUT2D eigenvalue weighted by Crippen LogP contribution is 2.18. The van der Waals surface area contributed by atoms with Crippen LogP contribution in [0.2, 0.25) is 0 Å². The lowest BCUT2D eigenvalue weighted by molar-refractivity contribution is -0.122. The van der Waals surface area contributed by atoms with Gasteiger partial charge in [0.1, 0.15) is 0 Å². The Labute approximate surface area is 131 Å². The fraction of sp³-hybridized carbons (Fsp3) is 0.733. The van der Waals surface area contributed by atoms with E-state index in [1.54, 1.807) is 11.3 Å². The van der Waals surface area contributed by atoms with Crippen LogP contribution in [-0.4, -0.2) is 60.5 Å². The van der Waals surface area contributed by atoms with Gasteiger partial charge in [-0.3, -0.25) is 9.69 Å². The number of likely N-dealkylation sites (tertiary alicyclic amines) is 1. The molecule has 1 aliphatic rings. The number of thiazole rings is 1. The predicted octanol–water partition coefficient (Wildman–Crippen LogP) is 1.27. The van der Waals surface area contributed by atoms with E-state index in [0.29, 0.717) is 19.1 Å². The van der Waals surface area contributed by atoms with Gasteiger partial charge in [-0.05, 0) is 33.9 Å². The van der Waals surface area contributed by atoms with Gasteiger partial charge >= 0.3 is 0 Å². The summed E-state index contributed by atoms with van der Waals surface area (Å²) in [5, 5.41) is 4.11. The number of hydrogen-bond acceptors (Lipinski definition) is 5. The summed E-state index contributed by atoms with van der Waals surface area (Å²) < 4.78 is 0. The second-order valence-electron chi connectivity index (χ2n) is 5.87. The smallest absolute Gasteiger partial charge is 0.234 e. The van der Waals surface area contributed by atoms with Crippen molar-refractivity contribution in [2.45, 2.75) is 39.3 Å². The van der Waals surface area contributed by atoms with Crippen LogP contribution < -0.4 is 5.32 Å². The van der Waals surface area contributed by atoms with Crippen molar-refractivity contribution >= 4 is 17.2 Å². The van der Waals surface area contributed by atoms with Crippen molar-refractivity contribution in [2.24, 2.45) is 0 Å². The van der Waals surface area contributed by atoms with Crippen LogP contribution >= 0.6 is 11.3 Å². The first-order valence-electron chi connectivity index (χ1n) is 7.60. The van der Waals surface area contributed by atoms with Gasteiger partial charge in [0.15, 0.2) is 0 Å². The highest BCUT2D eigenvalue weighted by Gasteiger charge is 2.25. The first-order chi connectivity index (χ1) is 9.99. The molecule has 1 unspecified atom stereocenters. The molecule has 118 valence electrons.